The second kappa shape index (κ2) is 7.59. The van der Waals surface area contributed by atoms with E-state index in [4.69, 9.17) is 28.9 Å². The maximum atomic E-state index is 11.8. The van der Waals surface area contributed by atoms with Gasteiger partial charge in [0.1, 0.15) is 0 Å². The summed E-state index contributed by atoms with van der Waals surface area (Å²) in [5.74, 6) is 0.611. The van der Waals surface area contributed by atoms with Crippen molar-refractivity contribution in [3.05, 3.63) is 52.5 Å². The fraction of sp³-hybridized carbons (Fsp3) is 0.133. The van der Waals surface area contributed by atoms with Gasteiger partial charge < -0.3 is 11.1 Å². The number of carbonyl (C=O) groups is 1. The van der Waals surface area contributed by atoms with Crippen molar-refractivity contribution in [3.8, 4) is 0 Å². The van der Waals surface area contributed by atoms with Crippen molar-refractivity contribution in [2.45, 2.75) is 11.3 Å². The van der Waals surface area contributed by atoms with E-state index in [2.05, 4.69) is 5.32 Å². The molecule has 2 aromatic rings. The molecule has 0 radical (unpaired) electrons. The first kappa shape index (κ1) is 16.0. The summed E-state index contributed by atoms with van der Waals surface area (Å²) < 4.78 is 0. The number of thioether (sulfide) groups is 1. The summed E-state index contributed by atoms with van der Waals surface area (Å²) in [6, 6.07) is 12.5. The lowest BCUT2D eigenvalue weighted by molar-refractivity contribution is -0.115. The highest BCUT2D eigenvalue weighted by Gasteiger charge is 2.05. The predicted octanol–water partition coefficient (Wildman–Crippen LogP) is 4.70. The van der Waals surface area contributed by atoms with E-state index < -0.39 is 0 Å². The SMILES string of the molecule is Nc1cccc(NC(=O)CCSc2ccc(Cl)c(Cl)c2)c1. The highest BCUT2D eigenvalue weighted by atomic mass is 35.5. The molecular formula is C15H14Cl2N2OS. The number of hydrogen-bond acceptors (Lipinski definition) is 3. The van der Waals surface area contributed by atoms with E-state index >= 15 is 0 Å². The van der Waals surface area contributed by atoms with Crippen molar-refractivity contribution in [3.63, 3.8) is 0 Å². The quantitative estimate of drug-likeness (QED) is 0.612. The Labute approximate surface area is 137 Å². The monoisotopic (exact) mass is 340 g/mol. The van der Waals surface area contributed by atoms with Crippen LogP contribution in [0.15, 0.2) is 47.4 Å². The highest BCUT2D eigenvalue weighted by molar-refractivity contribution is 7.99. The Morgan fingerprint density at radius 1 is 1.14 bits per heavy atom. The van der Waals surface area contributed by atoms with Gasteiger partial charge in [-0.25, -0.2) is 0 Å². The molecule has 0 aliphatic heterocycles. The summed E-state index contributed by atoms with van der Waals surface area (Å²) in [5.41, 5.74) is 6.99. The molecule has 0 heterocycles. The molecule has 3 nitrogen and oxygen atoms in total. The highest BCUT2D eigenvalue weighted by Crippen LogP contribution is 2.28. The topological polar surface area (TPSA) is 55.1 Å². The van der Waals surface area contributed by atoms with E-state index in [0.29, 0.717) is 33.6 Å². The Bertz CT molecular complexity index is 649. The first-order valence-corrected chi connectivity index (χ1v) is 8.02. The molecule has 0 fully saturated rings. The molecule has 0 aliphatic rings. The summed E-state index contributed by atoms with van der Waals surface area (Å²) in [4.78, 5) is 12.8. The fourth-order valence-electron chi connectivity index (χ4n) is 1.67. The zero-order valence-corrected chi connectivity index (χ0v) is 13.4. The second-order valence-electron chi connectivity index (χ2n) is 4.35. The molecule has 1 amide bonds. The second-order valence-corrected chi connectivity index (χ2v) is 6.33. The zero-order chi connectivity index (χ0) is 15.2. The van der Waals surface area contributed by atoms with E-state index in [-0.39, 0.29) is 5.91 Å². The zero-order valence-electron chi connectivity index (χ0n) is 11.1. The number of nitrogens with two attached hydrogens (primary N) is 1. The van der Waals surface area contributed by atoms with Crippen molar-refractivity contribution in [1.82, 2.24) is 0 Å². The Hall–Kier alpha value is -1.36. The molecule has 0 aromatic heterocycles. The van der Waals surface area contributed by atoms with Gasteiger partial charge in [-0.3, -0.25) is 4.79 Å². The Kier molecular flexibility index (Phi) is 5.79. The average molecular weight is 341 g/mol. The van der Waals surface area contributed by atoms with Crippen LogP contribution in [0.3, 0.4) is 0 Å². The lowest BCUT2D eigenvalue weighted by Gasteiger charge is -2.06. The molecule has 3 N–H and O–H groups in total. The number of anilines is 2. The third-order valence-electron chi connectivity index (χ3n) is 2.66. The summed E-state index contributed by atoms with van der Waals surface area (Å²) in [6.07, 6.45) is 0.402. The minimum absolute atomic E-state index is 0.0480. The number of hydrogen-bond donors (Lipinski definition) is 2. The molecule has 0 aliphatic carbocycles. The van der Waals surface area contributed by atoms with Crippen LogP contribution >= 0.6 is 35.0 Å². The van der Waals surface area contributed by atoms with Gasteiger partial charge in [-0.15, -0.1) is 11.8 Å². The van der Waals surface area contributed by atoms with Gasteiger partial charge in [0.2, 0.25) is 5.91 Å². The summed E-state index contributed by atoms with van der Waals surface area (Å²) in [6.45, 7) is 0. The normalized spacial score (nSPS) is 10.4. The average Bonchev–Trinajstić information content (AvgIpc) is 2.43. The van der Waals surface area contributed by atoms with Crippen molar-refractivity contribution >= 4 is 52.2 Å². The van der Waals surface area contributed by atoms with Crippen LogP contribution in [0.1, 0.15) is 6.42 Å². The van der Waals surface area contributed by atoms with E-state index in [1.165, 1.54) is 0 Å². The first-order chi connectivity index (χ1) is 10.0. The number of carbonyl (C=O) groups excluding carboxylic acids is 1. The molecule has 0 atom stereocenters. The Morgan fingerprint density at radius 2 is 1.95 bits per heavy atom. The molecule has 0 saturated carbocycles. The smallest absolute Gasteiger partial charge is 0.225 e. The van der Waals surface area contributed by atoms with E-state index in [1.54, 1.807) is 48.2 Å². The standard InChI is InChI=1S/C15H14Cl2N2OS/c16-13-5-4-12(9-14(13)17)21-7-6-15(20)19-11-3-1-2-10(18)8-11/h1-5,8-9H,6-7,18H2,(H,19,20). The molecule has 0 saturated heterocycles. The summed E-state index contributed by atoms with van der Waals surface area (Å²) in [7, 11) is 0. The molecule has 0 unspecified atom stereocenters. The van der Waals surface area contributed by atoms with Crippen LogP contribution in [0.25, 0.3) is 0 Å². The van der Waals surface area contributed by atoms with Gasteiger partial charge in [0.15, 0.2) is 0 Å². The van der Waals surface area contributed by atoms with Crippen LogP contribution in [0.5, 0.6) is 0 Å². The van der Waals surface area contributed by atoms with Crippen LogP contribution in [0.2, 0.25) is 10.0 Å². The van der Waals surface area contributed by atoms with Crippen LogP contribution < -0.4 is 11.1 Å². The van der Waals surface area contributed by atoms with Crippen LogP contribution in [0, 0.1) is 0 Å². The number of rotatable bonds is 5. The predicted molar refractivity (Wildman–Crippen MR) is 91.3 cm³/mol. The van der Waals surface area contributed by atoms with Crippen LogP contribution in [-0.2, 0) is 4.79 Å². The number of nitrogen functional groups attached to an aromatic ring is 1. The van der Waals surface area contributed by atoms with E-state index in [9.17, 15) is 4.79 Å². The summed E-state index contributed by atoms with van der Waals surface area (Å²) in [5, 5.41) is 3.86. The lowest BCUT2D eigenvalue weighted by Crippen LogP contribution is -2.12. The van der Waals surface area contributed by atoms with Crippen molar-refractivity contribution in [2.24, 2.45) is 0 Å². The largest absolute Gasteiger partial charge is 0.399 e. The van der Waals surface area contributed by atoms with Crippen molar-refractivity contribution in [1.29, 1.82) is 0 Å². The van der Waals surface area contributed by atoms with Crippen molar-refractivity contribution < 1.29 is 4.79 Å². The van der Waals surface area contributed by atoms with Gasteiger partial charge in [0.05, 0.1) is 10.0 Å². The van der Waals surface area contributed by atoms with E-state index in [1.807, 2.05) is 6.07 Å². The maximum absolute atomic E-state index is 11.8. The number of benzene rings is 2. The number of halogens is 2. The van der Waals surface area contributed by atoms with Gasteiger partial charge >= 0.3 is 0 Å². The van der Waals surface area contributed by atoms with Crippen LogP contribution in [-0.4, -0.2) is 11.7 Å². The minimum atomic E-state index is -0.0480. The third-order valence-corrected chi connectivity index (χ3v) is 4.39. The van der Waals surface area contributed by atoms with Gasteiger partial charge in [-0.1, -0.05) is 29.3 Å². The molecule has 2 rings (SSSR count). The van der Waals surface area contributed by atoms with Gasteiger partial charge in [0.25, 0.3) is 0 Å². The number of nitrogens with one attached hydrogen (secondary N) is 1. The summed E-state index contributed by atoms with van der Waals surface area (Å²) >= 11 is 13.4. The van der Waals surface area contributed by atoms with Gasteiger partial charge in [0, 0.05) is 28.4 Å². The first-order valence-electron chi connectivity index (χ1n) is 6.28. The maximum Gasteiger partial charge on any atom is 0.225 e. The number of amides is 1. The Morgan fingerprint density at radius 3 is 2.67 bits per heavy atom. The molecule has 0 spiro atoms. The van der Waals surface area contributed by atoms with Crippen molar-refractivity contribution in [2.75, 3.05) is 16.8 Å². The Balaban J connectivity index is 1.80. The fourth-order valence-corrected chi connectivity index (χ4v) is 2.92. The molecule has 2 aromatic carbocycles. The molecule has 110 valence electrons. The van der Waals surface area contributed by atoms with Gasteiger partial charge in [-0.05, 0) is 36.4 Å². The molecule has 21 heavy (non-hydrogen) atoms. The van der Waals surface area contributed by atoms with Gasteiger partial charge in [-0.2, -0.15) is 0 Å². The van der Waals surface area contributed by atoms with E-state index in [0.717, 1.165) is 4.90 Å². The van der Waals surface area contributed by atoms with Crippen LogP contribution in [0.4, 0.5) is 11.4 Å². The lowest BCUT2D eigenvalue weighted by atomic mass is 10.3. The minimum Gasteiger partial charge on any atom is -0.399 e. The molecule has 0 bridgehead atoms. The molecule has 6 heteroatoms. The third kappa shape index (κ3) is 5.16. The molecular weight excluding hydrogens is 327 g/mol.